The van der Waals surface area contributed by atoms with E-state index in [1.54, 1.807) is 0 Å². The average Bonchev–Trinajstić information content (AvgIpc) is 2.92. The second-order valence-corrected chi connectivity index (χ2v) is 8.70. The Morgan fingerprint density at radius 2 is 1.86 bits per heavy atom. The summed E-state index contributed by atoms with van der Waals surface area (Å²) in [5, 5.41) is 0. The molecule has 2 bridgehead atoms. The highest BCUT2D eigenvalue weighted by Crippen LogP contribution is 2.34. The first-order valence-electron chi connectivity index (χ1n) is 10.6. The fourth-order valence-corrected chi connectivity index (χ4v) is 4.97. The fraction of sp³-hybridized carbons (Fsp3) is 0.636. The van der Waals surface area contributed by atoms with E-state index < -0.39 is 0 Å². The number of piperidine rings is 1. The van der Waals surface area contributed by atoms with E-state index in [2.05, 4.69) is 9.80 Å². The Bertz CT molecular complexity index is 776. The lowest BCUT2D eigenvalue weighted by molar-refractivity contribution is -0.140. The summed E-state index contributed by atoms with van der Waals surface area (Å²) in [7, 11) is 0. The van der Waals surface area contributed by atoms with Crippen molar-refractivity contribution in [2.24, 2.45) is 11.8 Å². The normalized spacial score (nSPS) is 26.1. The molecule has 6 heteroatoms. The maximum Gasteiger partial charge on any atom is 0.231 e. The van der Waals surface area contributed by atoms with Crippen LogP contribution in [0.2, 0.25) is 0 Å². The molecule has 5 aliphatic rings. The van der Waals surface area contributed by atoms with Gasteiger partial charge in [0.05, 0.1) is 0 Å². The maximum absolute atomic E-state index is 13.0. The minimum Gasteiger partial charge on any atom is -0.454 e. The van der Waals surface area contributed by atoms with Gasteiger partial charge in [0.1, 0.15) is 0 Å². The van der Waals surface area contributed by atoms with Crippen molar-refractivity contribution in [3.8, 4) is 11.5 Å². The summed E-state index contributed by atoms with van der Waals surface area (Å²) >= 11 is 0. The lowest BCUT2D eigenvalue weighted by Gasteiger charge is -2.36. The van der Waals surface area contributed by atoms with Crippen molar-refractivity contribution in [2.75, 3.05) is 26.4 Å². The lowest BCUT2D eigenvalue weighted by atomic mass is 9.84. The van der Waals surface area contributed by atoms with E-state index in [1.807, 2.05) is 18.2 Å². The first-order valence-corrected chi connectivity index (χ1v) is 10.6. The van der Waals surface area contributed by atoms with Gasteiger partial charge >= 0.3 is 0 Å². The van der Waals surface area contributed by atoms with Crippen LogP contribution in [0.3, 0.4) is 0 Å². The average molecular weight is 384 g/mol. The molecule has 6 nitrogen and oxygen atoms in total. The van der Waals surface area contributed by atoms with Gasteiger partial charge in [-0.05, 0) is 55.7 Å². The predicted molar refractivity (Wildman–Crippen MR) is 103 cm³/mol. The van der Waals surface area contributed by atoms with E-state index >= 15 is 0 Å². The van der Waals surface area contributed by atoms with Crippen LogP contribution in [0.4, 0.5) is 0 Å². The number of carbonyl (C=O) groups is 2. The van der Waals surface area contributed by atoms with Crippen molar-refractivity contribution in [1.82, 2.24) is 9.80 Å². The van der Waals surface area contributed by atoms with Crippen molar-refractivity contribution in [3.63, 3.8) is 0 Å². The highest BCUT2D eigenvalue weighted by atomic mass is 16.7. The highest BCUT2D eigenvalue weighted by molar-refractivity contribution is 5.80. The molecule has 3 saturated heterocycles. The maximum atomic E-state index is 13.0. The summed E-state index contributed by atoms with van der Waals surface area (Å²) in [5.41, 5.74) is 1.10. The molecule has 0 aromatic heterocycles. The van der Waals surface area contributed by atoms with Crippen molar-refractivity contribution in [1.29, 1.82) is 0 Å². The number of fused-ring (bicyclic) bond motifs is 5. The predicted octanol–water partition coefficient (Wildman–Crippen LogP) is 2.60. The standard InChI is InChI=1S/C22H28N2O4/c25-21(9-6-15-5-8-19-20(10-15)28-14-27-19)24-12-16-4-7-18(24)13-23(11-16)22(26)17-2-1-3-17/h5,8,10,16-18H,1-4,6-7,9,11-14H2/t16-,18+/m0/s1. The van der Waals surface area contributed by atoms with Gasteiger partial charge in [-0.15, -0.1) is 0 Å². The number of amides is 2. The molecule has 6 rings (SSSR count). The lowest BCUT2D eigenvalue weighted by Crippen LogP contribution is -2.48. The van der Waals surface area contributed by atoms with Gasteiger partial charge in [0.2, 0.25) is 18.6 Å². The molecule has 4 fully saturated rings. The Kier molecular flexibility index (Phi) is 4.65. The summed E-state index contributed by atoms with van der Waals surface area (Å²) in [4.78, 5) is 29.9. The van der Waals surface area contributed by atoms with E-state index in [9.17, 15) is 9.59 Å². The number of aryl methyl sites for hydroxylation is 1. The molecule has 4 heterocycles. The van der Waals surface area contributed by atoms with Crippen LogP contribution < -0.4 is 9.47 Å². The van der Waals surface area contributed by atoms with Crippen molar-refractivity contribution in [2.45, 2.75) is 51.0 Å². The van der Waals surface area contributed by atoms with Gasteiger partial charge in [-0.2, -0.15) is 0 Å². The molecule has 1 saturated carbocycles. The third-order valence-corrected chi connectivity index (χ3v) is 6.86. The minimum absolute atomic E-state index is 0.187. The van der Waals surface area contributed by atoms with E-state index in [0.29, 0.717) is 24.7 Å². The van der Waals surface area contributed by atoms with Crippen LogP contribution in [-0.4, -0.2) is 54.1 Å². The zero-order valence-electron chi connectivity index (χ0n) is 16.3. The molecule has 28 heavy (non-hydrogen) atoms. The van der Waals surface area contributed by atoms with Gasteiger partial charge in [0, 0.05) is 38.0 Å². The van der Waals surface area contributed by atoms with Crippen LogP contribution in [0.1, 0.15) is 44.1 Å². The topological polar surface area (TPSA) is 59.1 Å². The van der Waals surface area contributed by atoms with Crippen LogP contribution in [0.15, 0.2) is 18.2 Å². The number of hydrogen-bond donors (Lipinski definition) is 0. The third kappa shape index (κ3) is 3.33. The summed E-state index contributed by atoms with van der Waals surface area (Å²) in [6.45, 7) is 2.63. The number of hydrogen-bond acceptors (Lipinski definition) is 4. The Labute approximate surface area is 165 Å². The number of rotatable bonds is 4. The molecular weight excluding hydrogens is 356 g/mol. The van der Waals surface area contributed by atoms with E-state index in [-0.39, 0.29) is 24.7 Å². The van der Waals surface area contributed by atoms with Crippen molar-refractivity contribution < 1.29 is 19.1 Å². The van der Waals surface area contributed by atoms with Gasteiger partial charge in [-0.25, -0.2) is 0 Å². The first-order chi connectivity index (χ1) is 13.7. The molecule has 1 aromatic rings. The molecule has 0 spiro atoms. The SMILES string of the molecule is O=C(C1CCC1)N1C[C@@H]2CC[C@H](C1)N(C(=O)CCc1ccc3c(c1)OCO3)C2. The molecule has 150 valence electrons. The highest BCUT2D eigenvalue weighted by Gasteiger charge is 2.40. The molecular formula is C22H28N2O4. The molecule has 0 N–H and O–H groups in total. The molecule has 2 atom stereocenters. The second-order valence-electron chi connectivity index (χ2n) is 8.70. The zero-order valence-corrected chi connectivity index (χ0v) is 16.3. The van der Waals surface area contributed by atoms with Gasteiger partial charge in [0.15, 0.2) is 11.5 Å². The fourth-order valence-electron chi connectivity index (χ4n) is 4.97. The Hall–Kier alpha value is -2.24. The van der Waals surface area contributed by atoms with E-state index in [4.69, 9.17) is 9.47 Å². The van der Waals surface area contributed by atoms with Crippen LogP contribution in [-0.2, 0) is 16.0 Å². The molecule has 1 aliphatic carbocycles. The van der Waals surface area contributed by atoms with Crippen LogP contribution >= 0.6 is 0 Å². The van der Waals surface area contributed by atoms with E-state index in [1.165, 1.54) is 6.42 Å². The molecule has 4 aliphatic heterocycles. The smallest absolute Gasteiger partial charge is 0.231 e. The van der Waals surface area contributed by atoms with Gasteiger partial charge < -0.3 is 19.3 Å². The Morgan fingerprint density at radius 1 is 1.00 bits per heavy atom. The monoisotopic (exact) mass is 384 g/mol. The van der Waals surface area contributed by atoms with Crippen LogP contribution in [0, 0.1) is 11.8 Å². The number of ether oxygens (including phenoxy) is 2. The molecule has 1 aromatic carbocycles. The zero-order chi connectivity index (χ0) is 19.1. The summed E-state index contributed by atoms with van der Waals surface area (Å²) in [6, 6.07) is 6.09. The summed E-state index contributed by atoms with van der Waals surface area (Å²) in [5.74, 6) is 2.76. The van der Waals surface area contributed by atoms with Crippen LogP contribution in [0.5, 0.6) is 11.5 Å². The molecule has 0 radical (unpaired) electrons. The van der Waals surface area contributed by atoms with Crippen molar-refractivity contribution in [3.05, 3.63) is 23.8 Å². The largest absolute Gasteiger partial charge is 0.454 e. The number of nitrogens with zero attached hydrogens (tertiary/aromatic N) is 2. The number of carbonyl (C=O) groups excluding carboxylic acids is 2. The Balaban J connectivity index is 1.21. The molecule has 0 unspecified atom stereocenters. The quantitative estimate of drug-likeness (QED) is 0.801. The van der Waals surface area contributed by atoms with E-state index in [0.717, 1.165) is 62.4 Å². The Morgan fingerprint density at radius 3 is 2.68 bits per heavy atom. The number of benzene rings is 1. The van der Waals surface area contributed by atoms with Gasteiger partial charge in [-0.1, -0.05) is 12.5 Å². The molecule has 2 amide bonds. The van der Waals surface area contributed by atoms with Crippen molar-refractivity contribution >= 4 is 11.8 Å². The summed E-state index contributed by atoms with van der Waals surface area (Å²) < 4.78 is 10.8. The second kappa shape index (κ2) is 7.30. The van der Waals surface area contributed by atoms with Crippen LogP contribution in [0.25, 0.3) is 0 Å². The first kappa shape index (κ1) is 17.8. The van der Waals surface area contributed by atoms with Gasteiger partial charge in [-0.3, -0.25) is 9.59 Å². The summed E-state index contributed by atoms with van der Waals surface area (Å²) in [6.07, 6.45) is 6.63. The van der Waals surface area contributed by atoms with Gasteiger partial charge in [0.25, 0.3) is 0 Å². The third-order valence-electron chi connectivity index (χ3n) is 6.86. The minimum atomic E-state index is 0.187.